The number of rotatable bonds is 3. The molecular weight excluding hydrogens is 240 g/mol. The fraction of sp³-hybridized carbons (Fsp3) is 0.400. The van der Waals surface area contributed by atoms with Crippen molar-refractivity contribution in [1.82, 2.24) is 4.98 Å². The molecule has 0 radical (unpaired) electrons. The SMILES string of the molecule is CC(C)(C)c1ccc2[nH]c(C(=O)O)c(CCN)c2c1. The molecule has 0 aliphatic heterocycles. The first-order chi connectivity index (χ1) is 8.84. The van der Waals surface area contributed by atoms with Gasteiger partial charge in [-0.1, -0.05) is 26.8 Å². The molecule has 19 heavy (non-hydrogen) atoms. The van der Waals surface area contributed by atoms with Crippen LogP contribution >= 0.6 is 0 Å². The van der Waals surface area contributed by atoms with Crippen molar-refractivity contribution in [2.24, 2.45) is 5.73 Å². The highest BCUT2D eigenvalue weighted by molar-refractivity contribution is 5.97. The number of hydrogen-bond acceptors (Lipinski definition) is 2. The van der Waals surface area contributed by atoms with Crippen molar-refractivity contribution < 1.29 is 9.90 Å². The maximum absolute atomic E-state index is 11.3. The predicted octanol–water partition coefficient (Wildman–Crippen LogP) is 2.66. The molecule has 1 aromatic carbocycles. The van der Waals surface area contributed by atoms with Gasteiger partial charge in [0.1, 0.15) is 5.69 Å². The summed E-state index contributed by atoms with van der Waals surface area (Å²) in [7, 11) is 0. The van der Waals surface area contributed by atoms with Crippen molar-refractivity contribution in [3.05, 3.63) is 35.0 Å². The lowest BCUT2D eigenvalue weighted by atomic mass is 9.86. The smallest absolute Gasteiger partial charge is 0.352 e. The molecule has 0 spiro atoms. The molecule has 4 nitrogen and oxygen atoms in total. The highest BCUT2D eigenvalue weighted by Crippen LogP contribution is 2.29. The van der Waals surface area contributed by atoms with Gasteiger partial charge in [0.2, 0.25) is 0 Å². The maximum atomic E-state index is 11.3. The first-order valence-corrected chi connectivity index (χ1v) is 6.43. The van der Waals surface area contributed by atoms with Crippen LogP contribution in [0, 0.1) is 0 Å². The van der Waals surface area contributed by atoms with Crippen LogP contribution in [-0.2, 0) is 11.8 Å². The summed E-state index contributed by atoms with van der Waals surface area (Å²) in [6, 6.07) is 6.06. The van der Waals surface area contributed by atoms with E-state index in [0.717, 1.165) is 16.5 Å². The number of fused-ring (bicyclic) bond motifs is 1. The minimum atomic E-state index is -0.933. The lowest BCUT2D eigenvalue weighted by Crippen LogP contribution is -2.11. The van der Waals surface area contributed by atoms with Crippen LogP contribution in [0.25, 0.3) is 10.9 Å². The van der Waals surface area contributed by atoms with Gasteiger partial charge in [-0.15, -0.1) is 0 Å². The molecule has 0 aliphatic rings. The average Bonchev–Trinajstić information content (AvgIpc) is 2.67. The number of carbonyl (C=O) groups is 1. The van der Waals surface area contributed by atoms with E-state index in [4.69, 9.17) is 5.73 Å². The Balaban J connectivity index is 2.69. The standard InChI is InChI=1S/C15H20N2O2/c1-15(2,3)9-4-5-12-11(8-9)10(6-7-16)13(17-12)14(18)19/h4-5,8,17H,6-7,16H2,1-3H3,(H,18,19). The fourth-order valence-corrected chi connectivity index (χ4v) is 2.30. The van der Waals surface area contributed by atoms with Crippen LogP contribution in [0.15, 0.2) is 18.2 Å². The van der Waals surface area contributed by atoms with Crippen molar-refractivity contribution in [2.45, 2.75) is 32.6 Å². The molecule has 102 valence electrons. The second kappa shape index (κ2) is 4.70. The summed E-state index contributed by atoms with van der Waals surface area (Å²) in [6.07, 6.45) is 0.565. The molecule has 0 unspecified atom stereocenters. The van der Waals surface area contributed by atoms with E-state index >= 15 is 0 Å². The topological polar surface area (TPSA) is 79.1 Å². The Morgan fingerprint density at radius 3 is 2.58 bits per heavy atom. The van der Waals surface area contributed by atoms with Crippen molar-refractivity contribution in [1.29, 1.82) is 0 Å². The zero-order chi connectivity index (χ0) is 14.2. The Morgan fingerprint density at radius 2 is 2.05 bits per heavy atom. The molecule has 0 saturated heterocycles. The minimum absolute atomic E-state index is 0.0365. The number of aromatic carboxylic acids is 1. The normalized spacial score (nSPS) is 12.0. The third-order valence-electron chi connectivity index (χ3n) is 3.38. The first-order valence-electron chi connectivity index (χ1n) is 6.43. The van der Waals surface area contributed by atoms with Crippen LogP contribution < -0.4 is 5.73 Å². The highest BCUT2D eigenvalue weighted by atomic mass is 16.4. The molecular formula is C15H20N2O2. The van der Waals surface area contributed by atoms with E-state index < -0.39 is 5.97 Å². The molecule has 0 aliphatic carbocycles. The Labute approximate surface area is 112 Å². The molecule has 0 saturated carbocycles. The Bertz CT molecular complexity index is 621. The van der Waals surface area contributed by atoms with Crippen molar-refractivity contribution in [3.8, 4) is 0 Å². The van der Waals surface area contributed by atoms with Gasteiger partial charge in [-0.05, 0) is 41.6 Å². The van der Waals surface area contributed by atoms with Gasteiger partial charge in [0.25, 0.3) is 0 Å². The molecule has 0 bridgehead atoms. The lowest BCUT2D eigenvalue weighted by Gasteiger charge is -2.19. The molecule has 0 atom stereocenters. The van der Waals surface area contributed by atoms with E-state index in [0.29, 0.717) is 13.0 Å². The quantitative estimate of drug-likeness (QED) is 0.793. The minimum Gasteiger partial charge on any atom is -0.477 e. The molecule has 1 aromatic heterocycles. The monoisotopic (exact) mass is 260 g/mol. The number of aromatic nitrogens is 1. The van der Waals surface area contributed by atoms with Gasteiger partial charge < -0.3 is 15.8 Å². The van der Waals surface area contributed by atoms with Gasteiger partial charge in [0.05, 0.1) is 0 Å². The molecule has 4 N–H and O–H groups in total. The van der Waals surface area contributed by atoms with Gasteiger partial charge in [-0.3, -0.25) is 0 Å². The molecule has 4 heteroatoms. The Kier molecular flexibility index (Phi) is 3.37. The third kappa shape index (κ3) is 2.49. The second-order valence-corrected chi connectivity index (χ2v) is 5.83. The molecule has 1 heterocycles. The molecule has 0 amide bonds. The van der Waals surface area contributed by atoms with Gasteiger partial charge >= 0.3 is 5.97 Å². The lowest BCUT2D eigenvalue weighted by molar-refractivity contribution is 0.0690. The molecule has 2 rings (SSSR count). The Morgan fingerprint density at radius 1 is 1.37 bits per heavy atom. The zero-order valence-electron chi connectivity index (χ0n) is 11.6. The summed E-state index contributed by atoms with van der Waals surface area (Å²) in [5, 5.41) is 10.2. The number of nitrogens with one attached hydrogen (secondary N) is 1. The summed E-state index contributed by atoms with van der Waals surface area (Å²) < 4.78 is 0. The van der Waals surface area contributed by atoms with E-state index in [1.54, 1.807) is 0 Å². The van der Waals surface area contributed by atoms with E-state index in [1.165, 1.54) is 5.56 Å². The number of hydrogen-bond donors (Lipinski definition) is 3. The van der Waals surface area contributed by atoms with Gasteiger partial charge in [0, 0.05) is 10.9 Å². The van der Waals surface area contributed by atoms with Crippen LogP contribution in [0.3, 0.4) is 0 Å². The molecule has 0 fully saturated rings. The van der Waals surface area contributed by atoms with E-state index in [2.05, 4.69) is 31.8 Å². The summed E-state index contributed by atoms with van der Waals surface area (Å²) in [6.45, 7) is 6.86. The van der Waals surface area contributed by atoms with Crippen molar-refractivity contribution in [2.75, 3.05) is 6.54 Å². The van der Waals surface area contributed by atoms with Gasteiger partial charge in [-0.25, -0.2) is 4.79 Å². The average molecular weight is 260 g/mol. The van der Waals surface area contributed by atoms with Crippen LogP contribution in [0.5, 0.6) is 0 Å². The number of H-pyrrole nitrogens is 1. The van der Waals surface area contributed by atoms with Crippen LogP contribution in [0.4, 0.5) is 0 Å². The number of aromatic amines is 1. The fourth-order valence-electron chi connectivity index (χ4n) is 2.30. The van der Waals surface area contributed by atoms with Crippen molar-refractivity contribution in [3.63, 3.8) is 0 Å². The Hall–Kier alpha value is -1.81. The summed E-state index contributed by atoms with van der Waals surface area (Å²) in [5.41, 5.74) is 8.74. The summed E-state index contributed by atoms with van der Waals surface area (Å²) in [4.78, 5) is 14.2. The van der Waals surface area contributed by atoms with Gasteiger partial charge in [0.15, 0.2) is 0 Å². The van der Waals surface area contributed by atoms with Crippen LogP contribution in [0.2, 0.25) is 0 Å². The van der Waals surface area contributed by atoms with Gasteiger partial charge in [-0.2, -0.15) is 0 Å². The number of carboxylic acids is 1. The summed E-state index contributed by atoms with van der Waals surface area (Å²) in [5.74, 6) is -0.933. The molecule has 2 aromatic rings. The highest BCUT2D eigenvalue weighted by Gasteiger charge is 2.19. The predicted molar refractivity (Wildman–Crippen MR) is 76.7 cm³/mol. The van der Waals surface area contributed by atoms with Crippen LogP contribution in [-0.4, -0.2) is 22.6 Å². The number of benzene rings is 1. The van der Waals surface area contributed by atoms with E-state index in [9.17, 15) is 9.90 Å². The van der Waals surface area contributed by atoms with Crippen LogP contribution in [0.1, 0.15) is 42.4 Å². The number of carboxylic acid groups (broad SMARTS) is 1. The van der Waals surface area contributed by atoms with E-state index in [1.807, 2.05) is 12.1 Å². The largest absolute Gasteiger partial charge is 0.477 e. The number of nitrogens with two attached hydrogens (primary N) is 1. The second-order valence-electron chi connectivity index (χ2n) is 5.83. The maximum Gasteiger partial charge on any atom is 0.352 e. The summed E-state index contributed by atoms with van der Waals surface area (Å²) >= 11 is 0. The first kappa shape index (κ1) is 13.6. The van der Waals surface area contributed by atoms with Crippen molar-refractivity contribution >= 4 is 16.9 Å². The zero-order valence-corrected chi connectivity index (χ0v) is 11.6. The third-order valence-corrected chi connectivity index (χ3v) is 3.38. The van der Waals surface area contributed by atoms with E-state index in [-0.39, 0.29) is 11.1 Å².